The van der Waals surface area contributed by atoms with Crippen molar-refractivity contribution in [1.29, 1.82) is 0 Å². The molecule has 0 aromatic rings. The lowest BCUT2D eigenvalue weighted by atomic mass is 9.85. The second-order valence-corrected chi connectivity index (χ2v) is 6.72. The molecule has 2 N–H and O–H groups in total. The fourth-order valence-electron chi connectivity index (χ4n) is 3.47. The van der Waals surface area contributed by atoms with Crippen LogP contribution in [0.1, 0.15) is 46.5 Å². The molecule has 1 atom stereocenters. The highest BCUT2D eigenvalue weighted by molar-refractivity contribution is 5.81. The van der Waals surface area contributed by atoms with Crippen molar-refractivity contribution >= 4 is 12.1 Å². The van der Waals surface area contributed by atoms with Gasteiger partial charge in [-0.25, -0.2) is 9.59 Å². The Bertz CT molecular complexity index is 392. The van der Waals surface area contributed by atoms with Crippen molar-refractivity contribution in [2.24, 2.45) is 0 Å². The molecule has 1 amide bonds. The topological polar surface area (TPSA) is 78.9 Å². The summed E-state index contributed by atoms with van der Waals surface area (Å²) in [5.74, 6) is -0.982. The van der Waals surface area contributed by atoms with Crippen LogP contribution in [0.3, 0.4) is 0 Å². The van der Waals surface area contributed by atoms with E-state index in [1.165, 1.54) is 0 Å². The summed E-state index contributed by atoms with van der Waals surface area (Å²) in [4.78, 5) is 25.7. The molecule has 0 bridgehead atoms. The Hall–Kier alpha value is -1.30. The molecule has 0 aliphatic carbocycles. The molecule has 20 heavy (non-hydrogen) atoms. The first-order valence-corrected chi connectivity index (χ1v) is 7.22. The zero-order chi connectivity index (χ0) is 15.0. The molecule has 0 saturated carbocycles. The van der Waals surface area contributed by atoms with Crippen LogP contribution in [0, 0.1) is 0 Å². The minimum atomic E-state index is -0.982. The Balaban J connectivity index is 2.12. The van der Waals surface area contributed by atoms with Crippen LogP contribution in [-0.2, 0) is 9.53 Å². The molecule has 0 aromatic carbocycles. The Labute approximate surface area is 119 Å². The van der Waals surface area contributed by atoms with Crippen LogP contribution in [0.25, 0.3) is 0 Å². The normalized spacial score (nSPS) is 23.1. The van der Waals surface area contributed by atoms with Crippen LogP contribution in [0.4, 0.5) is 4.79 Å². The van der Waals surface area contributed by atoms with Gasteiger partial charge in [-0.3, -0.25) is 4.90 Å². The predicted octanol–water partition coefficient (Wildman–Crippen LogP) is 1.59. The zero-order valence-electron chi connectivity index (χ0n) is 12.4. The van der Waals surface area contributed by atoms with Crippen LogP contribution in [0.2, 0.25) is 0 Å². The van der Waals surface area contributed by atoms with E-state index in [4.69, 9.17) is 4.74 Å². The SMILES string of the molecule is CC(C)(C)OC(=O)N[C@H](C(=O)O)C12CCCN1CCC2. The van der Waals surface area contributed by atoms with Crippen molar-refractivity contribution < 1.29 is 19.4 Å². The highest BCUT2D eigenvalue weighted by Gasteiger charge is 2.53. The molecule has 0 radical (unpaired) electrons. The quantitative estimate of drug-likeness (QED) is 0.823. The molecule has 2 heterocycles. The number of nitrogens with zero attached hydrogens (tertiary/aromatic N) is 1. The minimum absolute atomic E-state index is 0.428. The number of carboxylic acids is 1. The molecule has 114 valence electrons. The van der Waals surface area contributed by atoms with Gasteiger partial charge in [0.15, 0.2) is 0 Å². The van der Waals surface area contributed by atoms with Crippen molar-refractivity contribution in [3.63, 3.8) is 0 Å². The fraction of sp³-hybridized carbons (Fsp3) is 0.857. The van der Waals surface area contributed by atoms with Gasteiger partial charge in [-0.05, 0) is 59.5 Å². The molecule has 2 rings (SSSR count). The Morgan fingerprint density at radius 3 is 2.25 bits per heavy atom. The third-order valence-electron chi connectivity index (χ3n) is 4.15. The molecular formula is C14H24N2O4. The maximum Gasteiger partial charge on any atom is 0.408 e. The predicted molar refractivity (Wildman–Crippen MR) is 73.6 cm³/mol. The number of alkyl carbamates (subject to hydrolysis) is 1. The smallest absolute Gasteiger partial charge is 0.408 e. The number of hydrogen-bond acceptors (Lipinski definition) is 4. The summed E-state index contributed by atoms with van der Waals surface area (Å²) in [6.45, 7) is 7.12. The van der Waals surface area contributed by atoms with E-state index < -0.39 is 29.2 Å². The first-order chi connectivity index (χ1) is 9.24. The largest absolute Gasteiger partial charge is 0.480 e. The number of fused-ring (bicyclic) bond motifs is 1. The van der Waals surface area contributed by atoms with Crippen molar-refractivity contribution in [3.8, 4) is 0 Å². The summed E-state index contributed by atoms with van der Waals surface area (Å²) >= 11 is 0. The van der Waals surface area contributed by atoms with Crippen LogP contribution < -0.4 is 5.32 Å². The van der Waals surface area contributed by atoms with Gasteiger partial charge in [0.05, 0.1) is 5.54 Å². The number of hydrogen-bond donors (Lipinski definition) is 2. The number of amides is 1. The molecule has 6 heteroatoms. The lowest BCUT2D eigenvalue weighted by Gasteiger charge is -2.37. The summed E-state index contributed by atoms with van der Waals surface area (Å²) in [7, 11) is 0. The number of aliphatic carboxylic acids is 1. The third kappa shape index (κ3) is 2.90. The summed E-state index contributed by atoms with van der Waals surface area (Å²) in [6.07, 6.45) is 2.96. The number of nitrogens with one attached hydrogen (secondary N) is 1. The van der Waals surface area contributed by atoms with E-state index in [0.717, 1.165) is 38.8 Å². The van der Waals surface area contributed by atoms with Crippen LogP contribution in [0.5, 0.6) is 0 Å². The zero-order valence-corrected chi connectivity index (χ0v) is 12.4. The van der Waals surface area contributed by atoms with E-state index in [1.54, 1.807) is 20.8 Å². The Morgan fingerprint density at radius 2 is 1.80 bits per heavy atom. The first-order valence-electron chi connectivity index (χ1n) is 7.22. The number of ether oxygens (including phenoxy) is 1. The molecule has 0 spiro atoms. The van der Waals surface area contributed by atoms with Gasteiger partial charge < -0.3 is 15.2 Å². The number of carbonyl (C=O) groups excluding carboxylic acids is 1. The lowest BCUT2D eigenvalue weighted by Crippen LogP contribution is -2.60. The second kappa shape index (κ2) is 5.24. The summed E-state index contributed by atoms with van der Waals surface area (Å²) < 4.78 is 5.19. The average molecular weight is 284 g/mol. The standard InChI is InChI=1S/C14H24N2O4/c1-13(2,3)20-12(19)15-10(11(17)18)14-6-4-8-16(14)9-5-7-14/h10H,4-9H2,1-3H3,(H,15,19)(H,17,18)/t10-/m1/s1. The Kier molecular flexibility index (Phi) is 3.95. The summed E-state index contributed by atoms with van der Waals surface area (Å²) in [5.41, 5.74) is -1.06. The molecule has 2 saturated heterocycles. The summed E-state index contributed by atoms with van der Waals surface area (Å²) in [6, 6.07) is -0.901. The van der Waals surface area contributed by atoms with Crippen LogP contribution >= 0.6 is 0 Å². The summed E-state index contributed by atoms with van der Waals surface area (Å²) in [5, 5.41) is 12.1. The van der Waals surface area contributed by atoms with Gasteiger partial charge in [0.2, 0.25) is 0 Å². The van der Waals surface area contributed by atoms with Crippen LogP contribution in [-0.4, -0.2) is 52.3 Å². The maximum absolute atomic E-state index is 11.9. The van der Waals surface area contributed by atoms with E-state index in [-0.39, 0.29) is 0 Å². The van der Waals surface area contributed by atoms with E-state index in [9.17, 15) is 14.7 Å². The highest BCUT2D eigenvalue weighted by atomic mass is 16.6. The van der Waals surface area contributed by atoms with E-state index >= 15 is 0 Å². The molecule has 6 nitrogen and oxygen atoms in total. The van der Waals surface area contributed by atoms with Crippen LogP contribution in [0.15, 0.2) is 0 Å². The van der Waals surface area contributed by atoms with Crippen molar-refractivity contribution in [1.82, 2.24) is 10.2 Å². The fourth-order valence-corrected chi connectivity index (χ4v) is 3.47. The van der Waals surface area contributed by atoms with Gasteiger partial charge in [0, 0.05) is 0 Å². The monoisotopic (exact) mass is 284 g/mol. The lowest BCUT2D eigenvalue weighted by molar-refractivity contribution is -0.143. The second-order valence-electron chi connectivity index (χ2n) is 6.72. The van der Waals surface area contributed by atoms with Crippen molar-refractivity contribution in [3.05, 3.63) is 0 Å². The molecule has 2 fully saturated rings. The van der Waals surface area contributed by atoms with Gasteiger partial charge in [-0.2, -0.15) is 0 Å². The number of rotatable bonds is 3. The highest BCUT2D eigenvalue weighted by Crippen LogP contribution is 2.41. The first kappa shape index (κ1) is 15.1. The van der Waals surface area contributed by atoms with E-state index in [0.29, 0.717) is 0 Å². The number of carboxylic acid groups (broad SMARTS) is 1. The molecule has 0 aromatic heterocycles. The van der Waals surface area contributed by atoms with Gasteiger partial charge in [-0.1, -0.05) is 0 Å². The molecular weight excluding hydrogens is 260 g/mol. The van der Waals surface area contributed by atoms with Gasteiger partial charge in [-0.15, -0.1) is 0 Å². The van der Waals surface area contributed by atoms with Gasteiger partial charge >= 0.3 is 12.1 Å². The Morgan fingerprint density at radius 1 is 1.25 bits per heavy atom. The molecule has 0 unspecified atom stereocenters. The molecule has 2 aliphatic heterocycles. The van der Waals surface area contributed by atoms with E-state index in [1.807, 2.05) is 0 Å². The number of carbonyl (C=O) groups is 2. The maximum atomic E-state index is 11.9. The van der Waals surface area contributed by atoms with Crippen molar-refractivity contribution in [2.75, 3.05) is 13.1 Å². The molecule has 2 aliphatic rings. The minimum Gasteiger partial charge on any atom is -0.480 e. The average Bonchev–Trinajstić information content (AvgIpc) is 2.81. The third-order valence-corrected chi connectivity index (χ3v) is 4.15. The van der Waals surface area contributed by atoms with E-state index in [2.05, 4.69) is 10.2 Å². The van der Waals surface area contributed by atoms with Gasteiger partial charge in [0.25, 0.3) is 0 Å². The van der Waals surface area contributed by atoms with Gasteiger partial charge in [0.1, 0.15) is 11.6 Å². The van der Waals surface area contributed by atoms with Crippen molar-refractivity contribution in [2.45, 2.75) is 63.6 Å².